The molecule has 0 aromatic carbocycles. The van der Waals surface area contributed by atoms with Gasteiger partial charge in [0.1, 0.15) is 0 Å². The molecule has 0 bridgehead atoms. The second-order valence-electron chi connectivity index (χ2n) is 3.92. The lowest BCUT2D eigenvalue weighted by Gasteiger charge is -1.99. The molecule has 78 valence electrons. The van der Waals surface area contributed by atoms with Gasteiger partial charge in [-0.1, -0.05) is 44.4 Å². The average molecular weight is 192 g/mol. The summed E-state index contributed by atoms with van der Waals surface area (Å²) in [5, 5.41) is 0. The molecular formula is C13H20O. The zero-order valence-corrected chi connectivity index (χ0v) is 9.04. The zero-order valence-electron chi connectivity index (χ0n) is 9.04. The smallest absolute Gasteiger partial charge is 0.162 e. The van der Waals surface area contributed by atoms with Crippen molar-refractivity contribution in [2.75, 3.05) is 0 Å². The van der Waals surface area contributed by atoms with Gasteiger partial charge in [0.2, 0.25) is 0 Å². The Balaban J connectivity index is 2.06. The van der Waals surface area contributed by atoms with Crippen LogP contribution in [0.1, 0.15) is 45.4 Å². The van der Waals surface area contributed by atoms with Crippen molar-refractivity contribution in [2.24, 2.45) is 5.92 Å². The summed E-state index contributed by atoms with van der Waals surface area (Å²) in [6.07, 6.45) is 15.1. The first-order valence-electron chi connectivity index (χ1n) is 5.71. The highest BCUT2D eigenvalue weighted by atomic mass is 16.1. The fraction of sp³-hybridized carbons (Fsp3) is 0.615. The molecule has 0 aromatic heterocycles. The van der Waals surface area contributed by atoms with Crippen molar-refractivity contribution < 1.29 is 4.79 Å². The van der Waals surface area contributed by atoms with E-state index in [-0.39, 0.29) is 11.7 Å². The third-order valence-corrected chi connectivity index (χ3v) is 2.63. The van der Waals surface area contributed by atoms with Gasteiger partial charge in [0.15, 0.2) is 5.78 Å². The second kappa shape index (κ2) is 6.58. The predicted molar refractivity (Wildman–Crippen MR) is 60.2 cm³/mol. The summed E-state index contributed by atoms with van der Waals surface area (Å²) < 4.78 is 0. The van der Waals surface area contributed by atoms with E-state index in [0.29, 0.717) is 0 Å². The van der Waals surface area contributed by atoms with Gasteiger partial charge in [-0.15, -0.1) is 0 Å². The van der Waals surface area contributed by atoms with Crippen molar-refractivity contribution in [3.8, 4) is 0 Å². The highest BCUT2D eigenvalue weighted by Gasteiger charge is 2.15. The van der Waals surface area contributed by atoms with Gasteiger partial charge in [-0.05, 0) is 25.3 Å². The number of unbranched alkanes of at least 4 members (excludes halogenated alkanes) is 4. The van der Waals surface area contributed by atoms with Gasteiger partial charge >= 0.3 is 0 Å². The highest BCUT2D eigenvalue weighted by Crippen LogP contribution is 2.16. The molecule has 0 fully saturated rings. The molecule has 0 saturated heterocycles. The minimum Gasteiger partial charge on any atom is -0.294 e. The van der Waals surface area contributed by atoms with Crippen LogP contribution in [0, 0.1) is 5.92 Å². The number of carbonyl (C=O) groups excluding carboxylic acids is 1. The molecule has 0 aliphatic heterocycles. The topological polar surface area (TPSA) is 17.1 Å². The summed E-state index contributed by atoms with van der Waals surface area (Å²) in [7, 11) is 0. The first-order valence-corrected chi connectivity index (χ1v) is 5.71. The van der Waals surface area contributed by atoms with Crippen LogP contribution < -0.4 is 0 Å². The largest absolute Gasteiger partial charge is 0.294 e. The SMILES string of the molecule is CCCCCC/C=C/[C@@H]1CC=CC1=O. The number of allylic oxidation sites excluding steroid dienone is 4. The van der Waals surface area contributed by atoms with Crippen molar-refractivity contribution in [3.63, 3.8) is 0 Å². The Morgan fingerprint density at radius 3 is 2.93 bits per heavy atom. The van der Waals surface area contributed by atoms with E-state index in [1.807, 2.05) is 6.08 Å². The Labute approximate surface area is 86.9 Å². The Morgan fingerprint density at radius 2 is 2.29 bits per heavy atom. The van der Waals surface area contributed by atoms with Crippen LogP contribution in [0.25, 0.3) is 0 Å². The minimum atomic E-state index is 0.154. The van der Waals surface area contributed by atoms with Gasteiger partial charge < -0.3 is 0 Å². The van der Waals surface area contributed by atoms with E-state index >= 15 is 0 Å². The molecule has 1 atom stereocenters. The third kappa shape index (κ3) is 3.91. The van der Waals surface area contributed by atoms with E-state index in [1.165, 1.54) is 25.7 Å². The predicted octanol–water partition coefficient (Wildman–Crippen LogP) is 3.66. The molecule has 0 aromatic rings. The van der Waals surface area contributed by atoms with Gasteiger partial charge in [0.25, 0.3) is 0 Å². The number of carbonyl (C=O) groups is 1. The Bertz CT molecular complexity index is 225. The minimum absolute atomic E-state index is 0.154. The maximum absolute atomic E-state index is 11.2. The van der Waals surface area contributed by atoms with Gasteiger partial charge in [-0.3, -0.25) is 4.79 Å². The fourth-order valence-corrected chi connectivity index (χ4v) is 1.69. The van der Waals surface area contributed by atoms with E-state index in [4.69, 9.17) is 0 Å². The summed E-state index contributed by atoms with van der Waals surface area (Å²) in [4.78, 5) is 11.2. The molecule has 1 aliphatic rings. The van der Waals surface area contributed by atoms with Crippen molar-refractivity contribution in [2.45, 2.75) is 45.4 Å². The second-order valence-corrected chi connectivity index (χ2v) is 3.92. The van der Waals surface area contributed by atoms with Gasteiger partial charge in [-0.25, -0.2) is 0 Å². The number of hydrogen-bond donors (Lipinski definition) is 0. The van der Waals surface area contributed by atoms with Gasteiger partial charge in [0.05, 0.1) is 0 Å². The molecule has 1 heteroatoms. The van der Waals surface area contributed by atoms with E-state index < -0.39 is 0 Å². The summed E-state index contributed by atoms with van der Waals surface area (Å²) in [5.41, 5.74) is 0. The molecule has 1 rings (SSSR count). The fourth-order valence-electron chi connectivity index (χ4n) is 1.69. The van der Waals surface area contributed by atoms with Gasteiger partial charge in [-0.2, -0.15) is 0 Å². The van der Waals surface area contributed by atoms with Crippen LogP contribution in [0.4, 0.5) is 0 Å². The average Bonchev–Trinajstić information content (AvgIpc) is 2.58. The maximum Gasteiger partial charge on any atom is 0.162 e. The van der Waals surface area contributed by atoms with Crippen LogP contribution in [0.3, 0.4) is 0 Å². The monoisotopic (exact) mass is 192 g/mol. The van der Waals surface area contributed by atoms with Crippen LogP contribution in [-0.2, 0) is 4.79 Å². The first-order chi connectivity index (χ1) is 6.84. The molecule has 0 radical (unpaired) electrons. The molecule has 0 amide bonds. The molecule has 1 nitrogen and oxygen atoms in total. The summed E-state index contributed by atoms with van der Waals surface area (Å²) in [6, 6.07) is 0. The number of hydrogen-bond acceptors (Lipinski definition) is 1. The summed E-state index contributed by atoms with van der Waals surface area (Å²) in [6.45, 7) is 2.22. The maximum atomic E-state index is 11.2. The van der Waals surface area contributed by atoms with Crippen molar-refractivity contribution in [3.05, 3.63) is 24.3 Å². The Hall–Kier alpha value is -0.850. The molecule has 0 spiro atoms. The quantitative estimate of drug-likeness (QED) is 0.463. The molecule has 0 saturated carbocycles. The molecular weight excluding hydrogens is 172 g/mol. The van der Waals surface area contributed by atoms with E-state index in [2.05, 4.69) is 19.1 Å². The van der Waals surface area contributed by atoms with Crippen LogP contribution in [0.5, 0.6) is 0 Å². The zero-order chi connectivity index (χ0) is 10.2. The Morgan fingerprint density at radius 1 is 1.43 bits per heavy atom. The summed E-state index contributed by atoms with van der Waals surface area (Å²) >= 11 is 0. The molecule has 1 aliphatic carbocycles. The standard InChI is InChI=1S/C13H20O/c1-2-3-4-5-6-7-9-12-10-8-11-13(12)14/h7-9,11-12H,2-6,10H2,1H3/b9-7+/t12-/m1/s1. The van der Waals surface area contributed by atoms with E-state index in [1.54, 1.807) is 6.08 Å². The van der Waals surface area contributed by atoms with Crippen molar-refractivity contribution in [1.29, 1.82) is 0 Å². The molecule has 0 N–H and O–H groups in total. The first kappa shape index (κ1) is 11.2. The lowest BCUT2D eigenvalue weighted by atomic mass is 10.0. The highest BCUT2D eigenvalue weighted by molar-refractivity contribution is 5.95. The Kier molecular flexibility index (Phi) is 5.28. The van der Waals surface area contributed by atoms with Gasteiger partial charge in [0, 0.05) is 5.92 Å². The van der Waals surface area contributed by atoms with Crippen LogP contribution in [-0.4, -0.2) is 5.78 Å². The lowest BCUT2D eigenvalue weighted by Crippen LogP contribution is -2.01. The van der Waals surface area contributed by atoms with E-state index in [0.717, 1.165) is 12.8 Å². The number of ketones is 1. The number of rotatable bonds is 6. The third-order valence-electron chi connectivity index (χ3n) is 2.63. The van der Waals surface area contributed by atoms with Crippen LogP contribution in [0.2, 0.25) is 0 Å². The van der Waals surface area contributed by atoms with Crippen molar-refractivity contribution >= 4 is 5.78 Å². The van der Waals surface area contributed by atoms with Crippen LogP contribution >= 0.6 is 0 Å². The molecule has 0 unspecified atom stereocenters. The molecule has 14 heavy (non-hydrogen) atoms. The normalized spacial score (nSPS) is 21.2. The van der Waals surface area contributed by atoms with Crippen LogP contribution in [0.15, 0.2) is 24.3 Å². The van der Waals surface area contributed by atoms with E-state index in [9.17, 15) is 4.79 Å². The molecule has 0 heterocycles. The summed E-state index contributed by atoms with van der Waals surface area (Å²) in [5.74, 6) is 0.427. The van der Waals surface area contributed by atoms with Crippen molar-refractivity contribution in [1.82, 2.24) is 0 Å². The lowest BCUT2D eigenvalue weighted by molar-refractivity contribution is -0.116.